The van der Waals surface area contributed by atoms with Crippen molar-refractivity contribution < 1.29 is 9.90 Å². The van der Waals surface area contributed by atoms with Gasteiger partial charge in [-0.05, 0) is 25.4 Å². The van der Waals surface area contributed by atoms with Gasteiger partial charge in [-0.15, -0.1) is 23.5 Å². The molecule has 1 aliphatic carbocycles. The van der Waals surface area contributed by atoms with Crippen molar-refractivity contribution in [2.75, 3.05) is 12.5 Å². The van der Waals surface area contributed by atoms with Crippen LogP contribution in [0.4, 0.5) is 0 Å². The summed E-state index contributed by atoms with van der Waals surface area (Å²) in [5.41, 5.74) is 0. The van der Waals surface area contributed by atoms with Gasteiger partial charge in [0.15, 0.2) is 0 Å². The minimum Gasteiger partial charge on any atom is -0.390 e. The van der Waals surface area contributed by atoms with Gasteiger partial charge in [-0.3, -0.25) is 4.79 Å². The molecule has 0 heterocycles. The van der Waals surface area contributed by atoms with Crippen molar-refractivity contribution in [2.24, 2.45) is 5.92 Å². The molecule has 1 fully saturated rings. The number of thioether (sulfide) groups is 2. The highest BCUT2D eigenvalue weighted by atomic mass is 32.2. The maximum Gasteiger partial charge on any atom is 0.138 e. The van der Waals surface area contributed by atoms with E-state index < -0.39 is 6.10 Å². The molecule has 0 aromatic rings. The number of hydrogen-bond donors (Lipinski definition) is 1. The van der Waals surface area contributed by atoms with Crippen LogP contribution in [-0.4, -0.2) is 34.1 Å². The van der Waals surface area contributed by atoms with Gasteiger partial charge in [-0.25, -0.2) is 0 Å². The minimum atomic E-state index is -0.465. The number of hydrogen-bond acceptors (Lipinski definition) is 4. The van der Waals surface area contributed by atoms with Crippen LogP contribution in [0.2, 0.25) is 0 Å². The molecule has 82 valence electrons. The zero-order chi connectivity index (χ0) is 10.6. The predicted octanol–water partition coefficient (Wildman–Crippen LogP) is 2.16. The molecule has 0 amide bonds. The van der Waals surface area contributed by atoms with E-state index in [1.54, 1.807) is 23.5 Å². The molecule has 0 bridgehead atoms. The second-order valence-electron chi connectivity index (χ2n) is 3.65. The van der Waals surface area contributed by atoms with Crippen LogP contribution in [-0.2, 0) is 4.79 Å². The van der Waals surface area contributed by atoms with Gasteiger partial charge in [0.25, 0.3) is 0 Å². The summed E-state index contributed by atoms with van der Waals surface area (Å²) < 4.78 is 0.141. The van der Waals surface area contributed by atoms with Crippen molar-refractivity contribution in [1.82, 2.24) is 0 Å². The molecule has 1 N–H and O–H groups in total. The Bertz CT molecular complexity index is 193. The summed E-state index contributed by atoms with van der Waals surface area (Å²) in [5, 5.41) is 10.0. The molecule has 1 rings (SSSR count). The van der Waals surface area contributed by atoms with Crippen LogP contribution in [0.5, 0.6) is 0 Å². The van der Waals surface area contributed by atoms with Crippen LogP contribution < -0.4 is 0 Å². The first-order valence-corrected chi connectivity index (χ1v) is 7.54. The number of aliphatic hydroxyl groups is 1. The number of ketones is 1. The summed E-state index contributed by atoms with van der Waals surface area (Å²) in [7, 11) is 0. The van der Waals surface area contributed by atoms with Gasteiger partial charge in [0, 0.05) is 12.3 Å². The molecule has 2 unspecified atom stereocenters. The SMILES string of the molecule is CSC(SC)C(O)C1CCCCC1=O. The van der Waals surface area contributed by atoms with Crippen molar-refractivity contribution in [1.29, 1.82) is 0 Å². The van der Waals surface area contributed by atoms with Crippen molar-refractivity contribution in [3.05, 3.63) is 0 Å². The third-order valence-corrected chi connectivity index (χ3v) is 5.40. The molecular weight excluding hydrogens is 216 g/mol. The zero-order valence-corrected chi connectivity index (χ0v) is 10.4. The Hall–Kier alpha value is 0.330. The first-order valence-electron chi connectivity index (χ1n) is 4.97. The number of aliphatic hydroxyl groups excluding tert-OH is 1. The van der Waals surface area contributed by atoms with E-state index >= 15 is 0 Å². The van der Waals surface area contributed by atoms with Gasteiger partial charge in [-0.2, -0.15) is 0 Å². The van der Waals surface area contributed by atoms with E-state index in [0.717, 1.165) is 19.3 Å². The minimum absolute atomic E-state index is 0.103. The summed E-state index contributed by atoms with van der Waals surface area (Å²) in [6.07, 6.45) is 7.13. The smallest absolute Gasteiger partial charge is 0.138 e. The Balaban J connectivity index is 2.56. The molecule has 0 radical (unpaired) electrons. The molecule has 14 heavy (non-hydrogen) atoms. The predicted molar refractivity (Wildman–Crippen MR) is 63.8 cm³/mol. The van der Waals surface area contributed by atoms with Crippen molar-refractivity contribution in [3.8, 4) is 0 Å². The monoisotopic (exact) mass is 234 g/mol. The summed E-state index contributed by atoms with van der Waals surface area (Å²) in [5.74, 6) is 0.158. The Morgan fingerprint density at radius 3 is 2.50 bits per heavy atom. The fourth-order valence-corrected chi connectivity index (χ4v) is 3.64. The van der Waals surface area contributed by atoms with Crippen molar-refractivity contribution >= 4 is 29.3 Å². The normalized spacial score (nSPS) is 25.4. The van der Waals surface area contributed by atoms with E-state index in [-0.39, 0.29) is 16.3 Å². The highest BCUT2D eigenvalue weighted by Gasteiger charge is 2.33. The highest BCUT2D eigenvalue weighted by Crippen LogP contribution is 2.32. The molecule has 0 aromatic carbocycles. The Labute approximate surface area is 94.2 Å². The molecule has 0 aromatic heterocycles. The van der Waals surface area contributed by atoms with Gasteiger partial charge in [0.05, 0.1) is 10.7 Å². The fraction of sp³-hybridized carbons (Fsp3) is 0.900. The van der Waals surface area contributed by atoms with Crippen LogP contribution in [0.25, 0.3) is 0 Å². The van der Waals surface area contributed by atoms with E-state index in [1.807, 2.05) is 12.5 Å². The zero-order valence-electron chi connectivity index (χ0n) is 8.73. The first-order chi connectivity index (χ1) is 6.70. The highest BCUT2D eigenvalue weighted by molar-refractivity contribution is 8.16. The van der Waals surface area contributed by atoms with E-state index in [9.17, 15) is 9.90 Å². The summed E-state index contributed by atoms with van der Waals surface area (Å²) >= 11 is 3.27. The third-order valence-electron chi connectivity index (χ3n) is 2.76. The van der Waals surface area contributed by atoms with Gasteiger partial charge in [0.1, 0.15) is 5.78 Å². The van der Waals surface area contributed by atoms with Gasteiger partial charge < -0.3 is 5.11 Å². The number of carbonyl (C=O) groups excluding carboxylic acids is 1. The second kappa shape index (κ2) is 6.03. The molecule has 0 aliphatic heterocycles. The van der Waals surface area contributed by atoms with Gasteiger partial charge >= 0.3 is 0 Å². The first kappa shape index (κ1) is 12.4. The second-order valence-corrected chi connectivity index (χ2v) is 5.91. The van der Waals surface area contributed by atoms with Crippen LogP contribution in [0.1, 0.15) is 25.7 Å². The van der Waals surface area contributed by atoms with E-state index in [0.29, 0.717) is 6.42 Å². The number of carbonyl (C=O) groups is 1. The quantitative estimate of drug-likeness (QED) is 0.756. The van der Waals surface area contributed by atoms with Crippen molar-refractivity contribution in [3.63, 3.8) is 0 Å². The lowest BCUT2D eigenvalue weighted by Crippen LogP contribution is -2.36. The maximum absolute atomic E-state index is 11.6. The Morgan fingerprint density at radius 1 is 1.36 bits per heavy atom. The van der Waals surface area contributed by atoms with Crippen LogP contribution in [0, 0.1) is 5.92 Å². The van der Waals surface area contributed by atoms with Gasteiger partial charge in [0.2, 0.25) is 0 Å². The molecule has 0 spiro atoms. The maximum atomic E-state index is 11.6. The van der Waals surface area contributed by atoms with Crippen LogP contribution >= 0.6 is 23.5 Å². The fourth-order valence-electron chi connectivity index (χ4n) is 1.94. The van der Waals surface area contributed by atoms with Crippen LogP contribution in [0.15, 0.2) is 0 Å². The average molecular weight is 234 g/mol. The largest absolute Gasteiger partial charge is 0.390 e. The molecular formula is C10H18O2S2. The summed E-state index contributed by atoms with van der Waals surface area (Å²) in [4.78, 5) is 11.6. The molecule has 4 heteroatoms. The lowest BCUT2D eigenvalue weighted by atomic mass is 9.84. The lowest BCUT2D eigenvalue weighted by Gasteiger charge is -2.29. The van der Waals surface area contributed by atoms with Gasteiger partial charge in [-0.1, -0.05) is 6.42 Å². The number of Topliss-reactive ketones (excluding diaryl/α,β-unsaturated/α-hetero) is 1. The van der Waals surface area contributed by atoms with E-state index in [1.165, 1.54) is 0 Å². The number of rotatable bonds is 4. The molecule has 1 aliphatic rings. The molecule has 0 saturated heterocycles. The van der Waals surface area contributed by atoms with E-state index in [4.69, 9.17) is 0 Å². The van der Waals surface area contributed by atoms with E-state index in [2.05, 4.69) is 0 Å². The summed E-state index contributed by atoms with van der Waals surface area (Å²) in [6.45, 7) is 0. The third kappa shape index (κ3) is 2.91. The standard InChI is InChI=1S/C10H18O2S2/c1-13-10(14-2)9(12)7-5-3-4-6-8(7)11/h7,9-10,12H,3-6H2,1-2H3. The molecule has 2 nitrogen and oxygen atoms in total. The van der Waals surface area contributed by atoms with Crippen molar-refractivity contribution in [2.45, 2.75) is 36.4 Å². The average Bonchev–Trinajstić information content (AvgIpc) is 2.20. The summed E-state index contributed by atoms with van der Waals surface area (Å²) in [6, 6.07) is 0. The Kier molecular flexibility index (Phi) is 5.34. The van der Waals surface area contributed by atoms with Crippen LogP contribution in [0.3, 0.4) is 0 Å². The molecule has 2 atom stereocenters. The Morgan fingerprint density at radius 2 is 2.00 bits per heavy atom. The lowest BCUT2D eigenvalue weighted by molar-refractivity contribution is -0.128. The molecule has 1 saturated carbocycles. The topological polar surface area (TPSA) is 37.3 Å².